The van der Waals surface area contributed by atoms with Gasteiger partial charge in [0.05, 0.1) is 13.1 Å². The highest BCUT2D eigenvalue weighted by Gasteiger charge is 2.24. The molecule has 0 radical (unpaired) electrons. The van der Waals surface area contributed by atoms with E-state index in [-0.39, 0.29) is 30.3 Å². The number of hydrogen-bond acceptors (Lipinski definition) is 2. The second-order valence-electron chi connectivity index (χ2n) is 9.14. The summed E-state index contributed by atoms with van der Waals surface area (Å²) in [7, 11) is 0. The van der Waals surface area contributed by atoms with Crippen LogP contribution in [0.4, 0.5) is 0 Å². The lowest BCUT2D eigenvalue weighted by Gasteiger charge is -2.31. The summed E-state index contributed by atoms with van der Waals surface area (Å²) in [5.41, 5.74) is 2.31. The van der Waals surface area contributed by atoms with Gasteiger partial charge in [-0.3, -0.25) is 9.59 Å². The summed E-state index contributed by atoms with van der Waals surface area (Å²) in [5.74, 6) is 0.343. The standard InChI is InChI=1S/C26H38BrN3O2/c1-6-7-14-29(26(32)19-30(21(4)5)25(31)16-20(2)3)18-24-9-8-15-28(24)17-22-10-12-23(27)13-11-22/h8-13,15,20-21H,6-7,14,16-19H2,1-5H3. The Balaban J connectivity index is 2.14. The van der Waals surface area contributed by atoms with E-state index in [0.717, 1.165) is 29.6 Å². The van der Waals surface area contributed by atoms with E-state index in [1.807, 2.05) is 50.8 Å². The van der Waals surface area contributed by atoms with Gasteiger partial charge in [-0.25, -0.2) is 0 Å². The maximum Gasteiger partial charge on any atom is 0.242 e. The number of nitrogens with zero attached hydrogens (tertiary/aromatic N) is 3. The molecular weight excluding hydrogens is 466 g/mol. The van der Waals surface area contributed by atoms with Crippen molar-refractivity contribution < 1.29 is 9.59 Å². The topological polar surface area (TPSA) is 45.6 Å². The van der Waals surface area contributed by atoms with Crippen LogP contribution in [0.5, 0.6) is 0 Å². The Morgan fingerprint density at radius 2 is 1.72 bits per heavy atom. The Hall–Kier alpha value is -2.08. The molecular formula is C26H38BrN3O2. The number of carbonyl (C=O) groups excluding carboxylic acids is 2. The average Bonchev–Trinajstić information content (AvgIpc) is 3.16. The number of hydrogen-bond donors (Lipinski definition) is 0. The summed E-state index contributed by atoms with van der Waals surface area (Å²) in [4.78, 5) is 29.7. The molecule has 0 aliphatic rings. The molecule has 2 aromatic rings. The van der Waals surface area contributed by atoms with E-state index >= 15 is 0 Å². The lowest BCUT2D eigenvalue weighted by Crippen LogP contribution is -2.46. The molecule has 0 saturated heterocycles. The SMILES string of the molecule is CCCCN(Cc1cccn1Cc1ccc(Br)cc1)C(=O)CN(C(=O)CC(C)C)C(C)C. The Morgan fingerprint density at radius 3 is 2.31 bits per heavy atom. The fraction of sp³-hybridized carbons (Fsp3) is 0.538. The first-order valence-electron chi connectivity index (χ1n) is 11.7. The summed E-state index contributed by atoms with van der Waals surface area (Å²) >= 11 is 3.48. The van der Waals surface area contributed by atoms with Crippen molar-refractivity contribution in [1.29, 1.82) is 0 Å². The van der Waals surface area contributed by atoms with Crippen molar-refractivity contribution in [2.75, 3.05) is 13.1 Å². The van der Waals surface area contributed by atoms with E-state index in [4.69, 9.17) is 0 Å². The molecule has 0 aliphatic heterocycles. The molecule has 2 rings (SSSR count). The molecule has 32 heavy (non-hydrogen) atoms. The van der Waals surface area contributed by atoms with Crippen molar-refractivity contribution >= 4 is 27.7 Å². The first kappa shape index (κ1) is 26.2. The van der Waals surface area contributed by atoms with Crippen LogP contribution in [-0.4, -0.2) is 45.3 Å². The van der Waals surface area contributed by atoms with Gasteiger partial charge >= 0.3 is 0 Å². The number of benzene rings is 1. The van der Waals surface area contributed by atoms with Crippen LogP contribution in [0.25, 0.3) is 0 Å². The summed E-state index contributed by atoms with van der Waals surface area (Å²) in [5, 5.41) is 0. The number of carbonyl (C=O) groups is 2. The van der Waals surface area contributed by atoms with E-state index in [2.05, 4.69) is 51.8 Å². The minimum absolute atomic E-state index is 0.000471. The molecule has 1 aromatic carbocycles. The maximum absolute atomic E-state index is 13.3. The van der Waals surface area contributed by atoms with E-state index in [1.165, 1.54) is 5.56 Å². The van der Waals surface area contributed by atoms with Crippen molar-refractivity contribution in [2.45, 2.75) is 73.0 Å². The largest absolute Gasteiger partial charge is 0.345 e. The average molecular weight is 505 g/mol. The van der Waals surface area contributed by atoms with Crippen LogP contribution < -0.4 is 0 Å². The maximum atomic E-state index is 13.3. The molecule has 0 atom stereocenters. The smallest absolute Gasteiger partial charge is 0.242 e. The van der Waals surface area contributed by atoms with E-state index in [9.17, 15) is 9.59 Å². The Bertz CT molecular complexity index is 858. The van der Waals surface area contributed by atoms with E-state index in [0.29, 0.717) is 19.5 Å². The summed E-state index contributed by atoms with van der Waals surface area (Å²) in [6, 6.07) is 12.4. The second-order valence-corrected chi connectivity index (χ2v) is 10.1. The van der Waals surface area contributed by atoms with Crippen LogP contribution in [0.1, 0.15) is 65.1 Å². The van der Waals surface area contributed by atoms with Crippen LogP contribution in [0.2, 0.25) is 0 Å². The monoisotopic (exact) mass is 503 g/mol. The lowest BCUT2D eigenvalue weighted by molar-refractivity contribution is -0.142. The summed E-state index contributed by atoms with van der Waals surface area (Å²) < 4.78 is 3.26. The molecule has 0 aliphatic carbocycles. The van der Waals surface area contributed by atoms with Crippen molar-refractivity contribution in [3.63, 3.8) is 0 Å². The van der Waals surface area contributed by atoms with Crippen molar-refractivity contribution in [2.24, 2.45) is 5.92 Å². The highest BCUT2D eigenvalue weighted by Crippen LogP contribution is 2.15. The van der Waals surface area contributed by atoms with Crippen molar-refractivity contribution in [1.82, 2.24) is 14.4 Å². The molecule has 0 bridgehead atoms. The molecule has 2 amide bonds. The third-order valence-corrected chi connectivity index (χ3v) is 6.04. The zero-order chi connectivity index (χ0) is 23.7. The van der Waals surface area contributed by atoms with E-state index < -0.39 is 0 Å². The quantitative estimate of drug-likeness (QED) is 0.372. The zero-order valence-electron chi connectivity index (χ0n) is 20.2. The zero-order valence-corrected chi connectivity index (χ0v) is 21.8. The predicted octanol–water partition coefficient (Wildman–Crippen LogP) is 5.71. The second kappa shape index (κ2) is 12.8. The minimum atomic E-state index is -0.000471. The highest BCUT2D eigenvalue weighted by molar-refractivity contribution is 9.10. The molecule has 0 fully saturated rings. The van der Waals surface area contributed by atoms with Crippen LogP contribution >= 0.6 is 15.9 Å². The molecule has 176 valence electrons. The van der Waals surface area contributed by atoms with Crippen LogP contribution in [0.15, 0.2) is 47.1 Å². The van der Waals surface area contributed by atoms with Gasteiger partial charge in [0.25, 0.3) is 0 Å². The summed E-state index contributed by atoms with van der Waals surface area (Å²) in [6.07, 6.45) is 4.49. The number of amides is 2. The first-order valence-corrected chi connectivity index (χ1v) is 12.5. The molecule has 6 heteroatoms. The van der Waals surface area contributed by atoms with Gasteiger partial charge in [-0.05, 0) is 56.0 Å². The van der Waals surface area contributed by atoms with Gasteiger partial charge in [0.1, 0.15) is 0 Å². The van der Waals surface area contributed by atoms with Gasteiger partial charge in [0.15, 0.2) is 0 Å². The van der Waals surface area contributed by atoms with E-state index in [1.54, 1.807) is 4.90 Å². The lowest BCUT2D eigenvalue weighted by atomic mass is 10.1. The van der Waals surface area contributed by atoms with Gasteiger partial charge in [-0.1, -0.05) is 55.3 Å². The third-order valence-electron chi connectivity index (χ3n) is 5.51. The molecule has 0 saturated carbocycles. The van der Waals surface area contributed by atoms with Gasteiger partial charge in [-0.2, -0.15) is 0 Å². The number of rotatable bonds is 12. The Morgan fingerprint density at radius 1 is 1.03 bits per heavy atom. The van der Waals surface area contributed by atoms with Crippen LogP contribution in [0, 0.1) is 5.92 Å². The number of aromatic nitrogens is 1. The number of unbranched alkanes of at least 4 members (excludes halogenated alkanes) is 1. The molecule has 5 nitrogen and oxygen atoms in total. The van der Waals surface area contributed by atoms with Crippen molar-refractivity contribution in [3.8, 4) is 0 Å². The summed E-state index contributed by atoms with van der Waals surface area (Å²) in [6.45, 7) is 12.3. The minimum Gasteiger partial charge on any atom is -0.345 e. The van der Waals surface area contributed by atoms with Gasteiger partial charge in [0.2, 0.25) is 11.8 Å². The van der Waals surface area contributed by atoms with Crippen LogP contribution in [0.3, 0.4) is 0 Å². The molecule has 1 heterocycles. The van der Waals surface area contributed by atoms with Gasteiger partial charge < -0.3 is 14.4 Å². The van der Waals surface area contributed by atoms with Crippen molar-refractivity contribution in [3.05, 3.63) is 58.3 Å². The molecule has 1 aromatic heterocycles. The van der Waals surface area contributed by atoms with Gasteiger partial charge in [-0.15, -0.1) is 0 Å². The Kier molecular flexibility index (Phi) is 10.5. The predicted molar refractivity (Wildman–Crippen MR) is 134 cm³/mol. The molecule has 0 unspecified atom stereocenters. The normalized spacial score (nSPS) is 11.2. The fourth-order valence-corrected chi connectivity index (χ4v) is 3.91. The highest BCUT2D eigenvalue weighted by atomic mass is 79.9. The Labute approximate surface area is 201 Å². The van der Waals surface area contributed by atoms with Crippen LogP contribution in [-0.2, 0) is 22.7 Å². The molecule has 0 N–H and O–H groups in total. The fourth-order valence-electron chi connectivity index (χ4n) is 3.64. The number of halogens is 1. The van der Waals surface area contributed by atoms with Gasteiger partial charge in [0, 0.05) is 41.9 Å². The molecule has 0 spiro atoms. The third kappa shape index (κ3) is 8.12. The first-order chi connectivity index (χ1) is 15.2.